The highest BCUT2D eigenvalue weighted by Crippen LogP contribution is 2.27. The number of nitrogens with zero attached hydrogens (tertiary/aromatic N) is 5. The van der Waals surface area contributed by atoms with Gasteiger partial charge >= 0.3 is 0 Å². The van der Waals surface area contributed by atoms with Gasteiger partial charge in [0.1, 0.15) is 0 Å². The summed E-state index contributed by atoms with van der Waals surface area (Å²) in [7, 11) is -0.958. The van der Waals surface area contributed by atoms with Crippen LogP contribution in [0.3, 0.4) is 0 Å². The average Bonchev–Trinajstić information content (AvgIpc) is 3.36. The summed E-state index contributed by atoms with van der Waals surface area (Å²) in [6.07, 6.45) is 0.629. The Bertz CT molecular complexity index is 1100. The number of rotatable bonds is 6. The van der Waals surface area contributed by atoms with E-state index >= 15 is 0 Å². The van der Waals surface area contributed by atoms with Crippen LogP contribution in [0.15, 0.2) is 34.7 Å². The molecule has 0 aliphatic carbocycles. The molecule has 0 unspecified atom stereocenters. The average molecular weight is 416 g/mol. The van der Waals surface area contributed by atoms with E-state index in [-0.39, 0.29) is 17.5 Å². The summed E-state index contributed by atoms with van der Waals surface area (Å²) in [4.78, 5) is 2.09. The summed E-state index contributed by atoms with van der Waals surface area (Å²) in [6.45, 7) is 5.16. The maximum atomic E-state index is 11.8. The van der Waals surface area contributed by atoms with Crippen LogP contribution in [0.4, 0.5) is 0 Å². The quantitative estimate of drug-likeness (QED) is 0.611. The summed E-state index contributed by atoms with van der Waals surface area (Å²) in [5.74, 6) is 1.48. The molecule has 1 saturated heterocycles. The standard InChI is InChI=1S/C20H25N5O3S/c1-14-18(15(2)25(23-14)17-9-10-29(26,27)13-17)11-24(3)12-19-21-22-20(28-19)16-7-5-4-6-8-16/h4-8,17H,9-13H2,1-3H3/t17-/m0/s1. The maximum Gasteiger partial charge on any atom is 0.247 e. The summed E-state index contributed by atoms with van der Waals surface area (Å²) >= 11 is 0. The predicted octanol–water partition coefficient (Wildman–Crippen LogP) is 2.54. The second-order valence-corrected chi connectivity index (χ2v) is 9.92. The van der Waals surface area contributed by atoms with Gasteiger partial charge in [0.2, 0.25) is 11.8 Å². The lowest BCUT2D eigenvalue weighted by Crippen LogP contribution is -2.19. The van der Waals surface area contributed by atoms with Gasteiger partial charge < -0.3 is 4.42 Å². The Morgan fingerprint density at radius 3 is 2.62 bits per heavy atom. The first kappa shape index (κ1) is 19.8. The van der Waals surface area contributed by atoms with E-state index in [0.717, 1.165) is 22.5 Å². The number of hydrogen-bond donors (Lipinski definition) is 0. The lowest BCUT2D eigenvalue weighted by molar-refractivity contribution is 0.281. The minimum Gasteiger partial charge on any atom is -0.419 e. The van der Waals surface area contributed by atoms with Crippen molar-refractivity contribution in [1.82, 2.24) is 24.9 Å². The third kappa shape index (κ3) is 4.25. The molecule has 0 spiro atoms. The molecule has 0 N–H and O–H groups in total. The van der Waals surface area contributed by atoms with Crippen molar-refractivity contribution in [3.63, 3.8) is 0 Å². The SMILES string of the molecule is Cc1nn([C@H]2CCS(=O)(=O)C2)c(C)c1CN(C)Cc1nnc(-c2ccccc2)o1. The summed E-state index contributed by atoms with van der Waals surface area (Å²) in [5.41, 5.74) is 3.95. The Morgan fingerprint density at radius 2 is 1.93 bits per heavy atom. The van der Waals surface area contributed by atoms with Crippen molar-refractivity contribution in [1.29, 1.82) is 0 Å². The summed E-state index contributed by atoms with van der Waals surface area (Å²) in [6, 6.07) is 9.62. The molecule has 3 aromatic rings. The van der Waals surface area contributed by atoms with Crippen molar-refractivity contribution in [3.05, 3.63) is 53.2 Å². The van der Waals surface area contributed by atoms with Crippen LogP contribution >= 0.6 is 0 Å². The van der Waals surface area contributed by atoms with Crippen molar-refractivity contribution in [3.8, 4) is 11.5 Å². The molecular formula is C20H25N5O3S. The molecule has 0 saturated carbocycles. The molecule has 1 aliphatic heterocycles. The Hall–Kier alpha value is -2.52. The third-order valence-corrected chi connectivity index (χ3v) is 7.10. The first-order valence-corrected chi connectivity index (χ1v) is 11.5. The molecule has 0 radical (unpaired) electrons. The molecule has 1 atom stereocenters. The molecular weight excluding hydrogens is 390 g/mol. The zero-order valence-corrected chi connectivity index (χ0v) is 17.7. The van der Waals surface area contributed by atoms with E-state index < -0.39 is 9.84 Å². The number of hydrogen-bond acceptors (Lipinski definition) is 7. The summed E-state index contributed by atoms with van der Waals surface area (Å²) in [5, 5.41) is 12.9. The fourth-order valence-corrected chi connectivity index (χ4v) is 5.51. The number of sulfone groups is 1. The van der Waals surface area contributed by atoms with Gasteiger partial charge in [0, 0.05) is 23.4 Å². The highest BCUT2D eigenvalue weighted by atomic mass is 32.2. The van der Waals surface area contributed by atoms with E-state index in [4.69, 9.17) is 4.42 Å². The van der Waals surface area contributed by atoms with Crippen molar-refractivity contribution < 1.29 is 12.8 Å². The fourth-order valence-electron chi connectivity index (χ4n) is 3.82. The molecule has 0 amide bonds. The fraction of sp³-hybridized carbons (Fsp3) is 0.450. The highest BCUT2D eigenvalue weighted by molar-refractivity contribution is 7.91. The van der Waals surface area contributed by atoms with Crippen LogP contribution in [0.1, 0.15) is 35.3 Å². The molecule has 2 aromatic heterocycles. The normalized spacial score (nSPS) is 18.6. The maximum absolute atomic E-state index is 11.8. The molecule has 29 heavy (non-hydrogen) atoms. The second kappa shape index (κ2) is 7.72. The minimum atomic E-state index is -2.95. The van der Waals surface area contributed by atoms with Crippen LogP contribution in [0, 0.1) is 13.8 Å². The minimum absolute atomic E-state index is 0.0675. The van der Waals surface area contributed by atoms with E-state index in [9.17, 15) is 8.42 Å². The van der Waals surface area contributed by atoms with Gasteiger partial charge in [0.15, 0.2) is 9.84 Å². The van der Waals surface area contributed by atoms with Gasteiger partial charge in [0.05, 0.1) is 29.8 Å². The zero-order chi connectivity index (χ0) is 20.6. The molecule has 8 nitrogen and oxygen atoms in total. The van der Waals surface area contributed by atoms with Gasteiger partial charge in [-0.2, -0.15) is 5.10 Å². The highest BCUT2D eigenvalue weighted by Gasteiger charge is 2.31. The largest absolute Gasteiger partial charge is 0.419 e. The van der Waals surface area contributed by atoms with Gasteiger partial charge in [-0.3, -0.25) is 9.58 Å². The van der Waals surface area contributed by atoms with Gasteiger partial charge in [-0.1, -0.05) is 18.2 Å². The Kier molecular flexibility index (Phi) is 5.26. The van der Waals surface area contributed by atoms with Crippen LogP contribution in [0.2, 0.25) is 0 Å². The molecule has 4 rings (SSSR count). The van der Waals surface area contributed by atoms with Gasteiger partial charge in [-0.25, -0.2) is 8.42 Å². The Labute approximate surface area is 170 Å². The monoisotopic (exact) mass is 415 g/mol. The molecule has 1 aromatic carbocycles. The molecule has 1 fully saturated rings. The topological polar surface area (TPSA) is 94.1 Å². The Balaban J connectivity index is 1.45. The molecule has 0 bridgehead atoms. The van der Waals surface area contributed by atoms with Crippen LogP contribution in [-0.4, -0.2) is 51.8 Å². The van der Waals surface area contributed by atoms with E-state index in [2.05, 4.69) is 20.2 Å². The second-order valence-electron chi connectivity index (χ2n) is 7.69. The first-order chi connectivity index (χ1) is 13.8. The molecule has 9 heteroatoms. The van der Waals surface area contributed by atoms with Crippen molar-refractivity contribution in [2.24, 2.45) is 0 Å². The van der Waals surface area contributed by atoms with Crippen molar-refractivity contribution >= 4 is 9.84 Å². The van der Waals surface area contributed by atoms with Crippen LogP contribution in [0.25, 0.3) is 11.5 Å². The van der Waals surface area contributed by atoms with Crippen LogP contribution in [0.5, 0.6) is 0 Å². The van der Waals surface area contributed by atoms with Crippen LogP contribution in [-0.2, 0) is 22.9 Å². The van der Waals surface area contributed by atoms with Gasteiger partial charge in [0.25, 0.3) is 0 Å². The number of aryl methyl sites for hydroxylation is 1. The summed E-state index contributed by atoms with van der Waals surface area (Å²) < 4.78 is 31.3. The van der Waals surface area contributed by atoms with E-state index in [0.29, 0.717) is 31.3 Å². The van der Waals surface area contributed by atoms with E-state index in [1.54, 1.807) is 0 Å². The van der Waals surface area contributed by atoms with E-state index in [1.807, 2.05) is 55.9 Å². The third-order valence-electron chi connectivity index (χ3n) is 5.35. The van der Waals surface area contributed by atoms with Crippen LogP contribution < -0.4 is 0 Å². The molecule has 1 aliphatic rings. The smallest absolute Gasteiger partial charge is 0.247 e. The van der Waals surface area contributed by atoms with Gasteiger partial charge in [-0.05, 0) is 39.4 Å². The Morgan fingerprint density at radius 1 is 1.17 bits per heavy atom. The molecule has 3 heterocycles. The lowest BCUT2D eigenvalue weighted by Gasteiger charge is -2.15. The first-order valence-electron chi connectivity index (χ1n) is 9.64. The van der Waals surface area contributed by atoms with Gasteiger partial charge in [-0.15, -0.1) is 10.2 Å². The number of benzene rings is 1. The molecule has 154 valence electrons. The van der Waals surface area contributed by atoms with Crippen molar-refractivity contribution in [2.75, 3.05) is 18.6 Å². The lowest BCUT2D eigenvalue weighted by atomic mass is 10.1. The number of aromatic nitrogens is 4. The predicted molar refractivity (Wildman–Crippen MR) is 109 cm³/mol. The van der Waals surface area contributed by atoms with Crippen molar-refractivity contribution in [2.45, 2.75) is 39.4 Å². The zero-order valence-electron chi connectivity index (χ0n) is 16.9. The van der Waals surface area contributed by atoms with E-state index in [1.165, 1.54) is 0 Å².